The van der Waals surface area contributed by atoms with Gasteiger partial charge in [0, 0.05) is 31.3 Å². The molecule has 2 N–H and O–H groups in total. The van der Waals surface area contributed by atoms with E-state index in [0.29, 0.717) is 6.04 Å². The Morgan fingerprint density at radius 3 is 2.50 bits per heavy atom. The number of hydrogen-bond donors (Lipinski definition) is 2. The van der Waals surface area contributed by atoms with Gasteiger partial charge in [0.2, 0.25) is 0 Å². The van der Waals surface area contributed by atoms with Gasteiger partial charge >= 0.3 is 0 Å². The number of ether oxygens (including phenoxy) is 1. The molecule has 0 amide bonds. The van der Waals surface area contributed by atoms with E-state index in [1.807, 2.05) is 0 Å². The topological polar surface area (TPSA) is 33.3 Å². The molecule has 3 heteroatoms. The first-order chi connectivity index (χ1) is 8.93. The van der Waals surface area contributed by atoms with Gasteiger partial charge in [-0.15, -0.1) is 0 Å². The SMILES string of the molecule is C1CNC(C2CCCCC2NC2CCOCC2)C1. The molecule has 1 aliphatic carbocycles. The molecule has 0 bridgehead atoms. The molecule has 0 aromatic heterocycles. The average Bonchev–Trinajstić information content (AvgIpc) is 2.94. The zero-order valence-electron chi connectivity index (χ0n) is 11.5. The third-order valence-corrected chi connectivity index (χ3v) is 5.11. The van der Waals surface area contributed by atoms with Crippen molar-refractivity contribution >= 4 is 0 Å². The maximum absolute atomic E-state index is 5.46. The normalized spacial score (nSPS) is 39.0. The lowest BCUT2D eigenvalue weighted by Gasteiger charge is -2.39. The smallest absolute Gasteiger partial charge is 0.0480 e. The van der Waals surface area contributed by atoms with E-state index in [2.05, 4.69) is 10.6 Å². The van der Waals surface area contributed by atoms with E-state index >= 15 is 0 Å². The van der Waals surface area contributed by atoms with Gasteiger partial charge in [0.15, 0.2) is 0 Å². The molecule has 0 spiro atoms. The fourth-order valence-electron chi connectivity index (χ4n) is 4.09. The highest BCUT2D eigenvalue weighted by molar-refractivity contribution is 4.93. The zero-order valence-corrected chi connectivity index (χ0v) is 11.5. The van der Waals surface area contributed by atoms with Crippen LogP contribution in [0.4, 0.5) is 0 Å². The molecule has 3 atom stereocenters. The Morgan fingerprint density at radius 1 is 0.889 bits per heavy atom. The van der Waals surface area contributed by atoms with Crippen LogP contribution in [0.2, 0.25) is 0 Å². The van der Waals surface area contributed by atoms with Gasteiger partial charge in [-0.05, 0) is 51.0 Å². The van der Waals surface area contributed by atoms with Crippen molar-refractivity contribution in [1.29, 1.82) is 0 Å². The fourth-order valence-corrected chi connectivity index (χ4v) is 4.09. The Kier molecular flexibility index (Phi) is 4.55. The highest BCUT2D eigenvalue weighted by atomic mass is 16.5. The molecule has 0 aromatic rings. The summed E-state index contributed by atoms with van der Waals surface area (Å²) in [6, 6.07) is 2.27. The lowest BCUT2D eigenvalue weighted by molar-refractivity contribution is 0.0675. The molecular weight excluding hydrogens is 224 g/mol. The van der Waals surface area contributed by atoms with Gasteiger partial charge in [0.25, 0.3) is 0 Å². The summed E-state index contributed by atoms with van der Waals surface area (Å²) in [5, 5.41) is 7.69. The number of rotatable bonds is 3. The van der Waals surface area contributed by atoms with E-state index in [9.17, 15) is 0 Å². The molecule has 3 nitrogen and oxygen atoms in total. The van der Waals surface area contributed by atoms with Gasteiger partial charge in [0.1, 0.15) is 0 Å². The lowest BCUT2D eigenvalue weighted by Crippen LogP contribution is -2.51. The molecule has 3 rings (SSSR count). The van der Waals surface area contributed by atoms with Crippen LogP contribution < -0.4 is 10.6 Å². The highest BCUT2D eigenvalue weighted by Gasteiger charge is 2.34. The van der Waals surface area contributed by atoms with Gasteiger partial charge in [-0.1, -0.05) is 12.8 Å². The zero-order chi connectivity index (χ0) is 12.2. The Morgan fingerprint density at radius 2 is 1.72 bits per heavy atom. The van der Waals surface area contributed by atoms with Crippen molar-refractivity contribution in [3.05, 3.63) is 0 Å². The van der Waals surface area contributed by atoms with Crippen molar-refractivity contribution in [2.45, 2.75) is 69.5 Å². The Hall–Kier alpha value is -0.120. The molecule has 0 radical (unpaired) electrons. The summed E-state index contributed by atoms with van der Waals surface area (Å²) in [6.07, 6.45) is 10.9. The van der Waals surface area contributed by atoms with Crippen LogP contribution in [0.3, 0.4) is 0 Å². The van der Waals surface area contributed by atoms with Crippen LogP contribution in [0.15, 0.2) is 0 Å². The summed E-state index contributed by atoms with van der Waals surface area (Å²) in [6.45, 7) is 3.15. The second-order valence-electron chi connectivity index (χ2n) is 6.31. The van der Waals surface area contributed by atoms with Crippen LogP contribution in [0, 0.1) is 5.92 Å². The largest absolute Gasteiger partial charge is 0.381 e. The first kappa shape index (κ1) is 12.9. The maximum Gasteiger partial charge on any atom is 0.0480 e. The molecule has 3 fully saturated rings. The first-order valence-corrected chi connectivity index (χ1v) is 8.00. The van der Waals surface area contributed by atoms with Gasteiger partial charge in [-0.2, -0.15) is 0 Å². The first-order valence-electron chi connectivity index (χ1n) is 8.00. The quantitative estimate of drug-likeness (QED) is 0.807. The predicted octanol–water partition coefficient (Wildman–Crippen LogP) is 2.07. The molecule has 3 unspecified atom stereocenters. The summed E-state index contributed by atoms with van der Waals surface area (Å²) in [7, 11) is 0. The van der Waals surface area contributed by atoms with Crippen molar-refractivity contribution in [2.75, 3.05) is 19.8 Å². The third kappa shape index (κ3) is 3.06. The molecule has 2 aliphatic heterocycles. The summed E-state index contributed by atoms with van der Waals surface area (Å²) in [5.74, 6) is 0.879. The van der Waals surface area contributed by atoms with Crippen LogP contribution >= 0.6 is 0 Å². The van der Waals surface area contributed by atoms with E-state index in [1.54, 1.807) is 0 Å². The van der Waals surface area contributed by atoms with Crippen LogP contribution in [0.1, 0.15) is 51.4 Å². The summed E-state index contributed by atoms with van der Waals surface area (Å²) < 4.78 is 5.46. The standard InChI is InChI=1S/C15H28N2O/c1-2-5-15(17-12-7-10-18-11-8-12)13(4-1)14-6-3-9-16-14/h12-17H,1-11H2. The molecular formula is C15H28N2O. The van der Waals surface area contributed by atoms with Crippen LogP contribution in [-0.2, 0) is 4.74 Å². The fraction of sp³-hybridized carbons (Fsp3) is 1.00. The van der Waals surface area contributed by atoms with Gasteiger partial charge in [-0.25, -0.2) is 0 Å². The third-order valence-electron chi connectivity index (χ3n) is 5.11. The van der Waals surface area contributed by atoms with Gasteiger partial charge < -0.3 is 15.4 Å². The van der Waals surface area contributed by atoms with E-state index in [-0.39, 0.29) is 0 Å². The summed E-state index contributed by atoms with van der Waals surface area (Å²) in [4.78, 5) is 0. The monoisotopic (exact) mass is 252 g/mol. The molecule has 0 aromatic carbocycles. The molecule has 18 heavy (non-hydrogen) atoms. The molecule has 104 valence electrons. The Balaban J connectivity index is 1.56. The Bertz CT molecular complexity index is 247. The van der Waals surface area contributed by atoms with Crippen molar-refractivity contribution in [3.63, 3.8) is 0 Å². The number of nitrogens with one attached hydrogen (secondary N) is 2. The minimum Gasteiger partial charge on any atom is -0.381 e. The second kappa shape index (κ2) is 6.36. The lowest BCUT2D eigenvalue weighted by atomic mass is 9.78. The minimum absolute atomic E-state index is 0.714. The van der Waals surface area contributed by atoms with E-state index in [1.165, 1.54) is 57.9 Å². The van der Waals surface area contributed by atoms with Crippen LogP contribution in [0.25, 0.3) is 0 Å². The summed E-state index contributed by atoms with van der Waals surface area (Å²) in [5.41, 5.74) is 0. The van der Waals surface area contributed by atoms with Crippen molar-refractivity contribution in [3.8, 4) is 0 Å². The van der Waals surface area contributed by atoms with E-state index in [0.717, 1.165) is 31.2 Å². The van der Waals surface area contributed by atoms with E-state index in [4.69, 9.17) is 4.74 Å². The van der Waals surface area contributed by atoms with Crippen LogP contribution in [0.5, 0.6) is 0 Å². The van der Waals surface area contributed by atoms with Crippen molar-refractivity contribution in [2.24, 2.45) is 5.92 Å². The highest BCUT2D eigenvalue weighted by Crippen LogP contribution is 2.31. The predicted molar refractivity (Wildman–Crippen MR) is 73.7 cm³/mol. The second-order valence-corrected chi connectivity index (χ2v) is 6.31. The molecule has 2 saturated heterocycles. The molecule has 1 saturated carbocycles. The van der Waals surface area contributed by atoms with Crippen LogP contribution in [-0.4, -0.2) is 37.9 Å². The van der Waals surface area contributed by atoms with Crippen molar-refractivity contribution in [1.82, 2.24) is 10.6 Å². The maximum atomic E-state index is 5.46. The minimum atomic E-state index is 0.714. The van der Waals surface area contributed by atoms with Gasteiger partial charge in [0.05, 0.1) is 0 Å². The number of hydrogen-bond acceptors (Lipinski definition) is 3. The Labute approximate surface area is 111 Å². The molecule has 2 heterocycles. The molecule has 3 aliphatic rings. The average molecular weight is 252 g/mol. The summed E-state index contributed by atoms with van der Waals surface area (Å²) >= 11 is 0. The van der Waals surface area contributed by atoms with Crippen molar-refractivity contribution < 1.29 is 4.74 Å². The van der Waals surface area contributed by atoms with E-state index < -0.39 is 0 Å². The van der Waals surface area contributed by atoms with Gasteiger partial charge in [-0.3, -0.25) is 0 Å².